The summed E-state index contributed by atoms with van der Waals surface area (Å²) in [5, 5.41) is 0.393. The van der Waals surface area contributed by atoms with E-state index in [-0.39, 0.29) is 11.8 Å². The van der Waals surface area contributed by atoms with Crippen LogP contribution < -0.4 is 0 Å². The van der Waals surface area contributed by atoms with Crippen LogP contribution in [0.4, 0.5) is 4.39 Å². The van der Waals surface area contributed by atoms with Gasteiger partial charge in [0, 0.05) is 17.7 Å². The fourth-order valence-corrected chi connectivity index (χ4v) is 3.53. The normalized spacial score (nSPS) is 31.2. The van der Waals surface area contributed by atoms with Crippen LogP contribution in [0.5, 0.6) is 0 Å². The summed E-state index contributed by atoms with van der Waals surface area (Å²) in [6.07, 6.45) is 4.37. The first-order valence-corrected chi connectivity index (χ1v) is 7.12. The van der Waals surface area contributed by atoms with E-state index in [1.165, 1.54) is 6.33 Å². The topological polar surface area (TPSA) is 41.6 Å². The molecule has 102 valence electrons. The van der Waals surface area contributed by atoms with Gasteiger partial charge in [0.25, 0.3) is 0 Å². The summed E-state index contributed by atoms with van der Waals surface area (Å²) in [5.41, 5.74) is 2.41. The van der Waals surface area contributed by atoms with Crippen LogP contribution in [0.2, 0.25) is 5.15 Å². The van der Waals surface area contributed by atoms with Gasteiger partial charge >= 0.3 is 0 Å². The number of rotatable bonds is 2. The van der Waals surface area contributed by atoms with Gasteiger partial charge in [-0.05, 0) is 18.3 Å². The van der Waals surface area contributed by atoms with Crippen molar-refractivity contribution in [3.8, 4) is 0 Å². The van der Waals surface area contributed by atoms with Crippen LogP contribution in [0, 0.1) is 11.8 Å². The molecule has 3 rings (SSSR count). The Labute approximate surface area is 116 Å². The zero-order valence-corrected chi connectivity index (χ0v) is 11.8. The van der Waals surface area contributed by atoms with E-state index in [0.717, 1.165) is 23.9 Å². The molecule has 0 saturated heterocycles. The Morgan fingerprint density at radius 3 is 2.95 bits per heavy atom. The third kappa shape index (κ3) is 1.93. The van der Waals surface area contributed by atoms with Gasteiger partial charge in [-0.2, -0.15) is 0 Å². The number of aromatic amines is 1. The van der Waals surface area contributed by atoms with Gasteiger partial charge < -0.3 is 4.98 Å². The molecule has 4 atom stereocenters. The number of fused-ring (bicyclic) bond motifs is 1. The van der Waals surface area contributed by atoms with Crippen molar-refractivity contribution in [2.45, 2.75) is 38.8 Å². The van der Waals surface area contributed by atoms with Gasteiger partial charge in [0.05, 0.1) is 5.52 Å². The fraction of sp³-hybridized carbons (Fsp3) is 0.571. The molecule has 0 amide bonds. The van der Waals surface area contributed by atoms with Crippen molar-refractivity contribution in [2.24, 2.45) is 11.8 Å². The summed E-state index contributed by atoms with van der Waals surface area (Å²) >= 11 is 6.02. The van der Waals surface area contributed by atoms with Crippen molar-refractivity contribution < 1.29 is 4.39 Å². The minimum absolute atomic E-state index is 0.0836. The highest BCUT2D eigenvalue weighted by molar-refractivity contribution is 6.33. The molecule has 1 fully saturated rings. The van der Waals surface area contributed by atoms with Gasteiger partial charge in [-0.3, -0.25) is 0 Å². The highest BCUT2D eigenvalue weighted by Crippen LogP contribution is 2.47. The maximum Gasteiger partial charge on any atom is 0.156 e. The second-order valence-electron chi connectivity index (χ2n) is 5.45. The fourth-order valence-electron chi connectivity index (χ4n) is 3.35. The lowest BCUT2D eigenvalue weighted by atomic mass is 9.95. The Bertz CT molecular complexity index is 597. The molecule has 1 aliphatic rings. The molecule has 2 heterocycles. The van der Waals surface area contributed by atoms with E-state index in [1.54, 1.807) is 0 Å². The minimum atomic E-state index is -0.808. The van der Waals surface area contributed by atoms with Gasteiger partial charge in [-0.25, -0.2) is 14.4 Å². The molecule has 0 aliphatic heterocycles. The van der Waals surface area contributed by atoms with Crippen LogP contribution in [0.15, 0.2) is 12.5 Å². The molecule has 1 aliphatic carbocycles. The maximum atomic E-state index is 14.5. The molecule has 19 heavy (non-hydrogen) atoms. The Kier molecular flexibility index (Phi) is 3.21. The van der Waals surface area contributed by atoms with Gasteiger partial charge in [-0.1, -0.05) is 31.9 Å². The Morgan fingerprint density at radius 2 is 2.26 bits per heavy atom. The summed E-state index contributed by atoms with van der Waals surface area (Å²) < 4.78 is 14.5. The van der Waals surface area contributed by atoms with Crippen LogP contribution >= 0.6 is 11.6 Å². The summed E-state index contributed by atoms with van der Waals surface area (Å²) in [6.45, 7) is 4.14. The molecule has 0 aromatic carbocycles. The summed E-state index contributed by atoms with van der Waals surface area (Å²) in [7, 11) is 0. The molecule has 3 nitrogen and oxygen atoms in total. The molecular formula is C14H17ClFN3. The van der Waals surface area contributed by atoms with Crippen LogP contribution in [0.1, 0.15) is 38.2 Å². The molecule has 2 aromatic heterocycles. The van der Waals surface area contributed by atoms with Gasteiger partial charge in [0.15, 0.2) is 5.15 Å². The SMILES string of the molecule is CC[C@H]1C[C@@H](c2c[nH]c3c(Cl)ncnc23)[C@H](F)[C@@H]1C. The van der Waals surface area contributed by atoms with E-state index in [0.29, 0.717) is 16.6 Å². The molecule has 0 spiro atoms. The molecule has 2 aromatic rings. The van der Waals surface area contributed by atoms with Crippen LogP contribution in [-0.2, 0) is 0 Å². The number of nitrogens with zero attached hydrogens (tertiary/aromatic N) is 2. The highest BCUT2D eigenvalue weighted by atomic mass is 35.5. The molecule has 5 heteroatoms. The maximum absolute atomic E-state index is 14.5. The number of hydrogen-bond donors (Lipinski definition) is 1. The Morgan fingerprint density at radius 1 is 1.47 bits per heavy atom. The molecule has 1 saturated carbocycles. The third-order valence-electron chi connectivity index (χ3n) is 4.56. The lowest BCUT2D eigenvalue weighted by Gasteiger charge is -2.14. The first-order valence-electron chi connectivity index (χ1n) is 6.75. The average Bonchev–Trinajstić information content (AvgIpc) is 2.94. The summed E-state index contributed by atoms with van der Waals surface area (Å²) in [5.74, 6) is 0.471. The van der Waals surface area contributed by atoms with E-state index in [2.05, 4.69) is 21.9 Å². The van der Waals surface area contributed by atoms with E-state index in [1.807, 2.05) is 13.1 Å². The number of hydrogen-bond acceptors (Lipinski definition) is 2. The van der Waals surface area contributed by atoms with E-state index in [9.17, 15) is 4.39 Å². The van der Waals surface area contributed by atoms with Crippen LogP contribution in [0.3, 0.4) is 0 Å². The number of aromatic nitrogens is 3. The predicted octanol–water partition coefficient (Wildman–Crippen LogP) is 4.10. The Hall–Kier alpha value is -1.16. The largest absolute Gasteiger partial charge is 0.357 e. The monoisotopic (exact) mass is 281 g/mol. The van der Waals surface area contributed by atoms with Crippen molar-refractivity contribution in [3.63, 3.8) is 0 Å². The first kappa shape index (κ1) is 12.9. The summed E-state index contributed by atoms with van der Waals surface area (Å²) in [6, 6.07) is 0. The number of nitrogens with one attached hydrogen (secondary N) is 1. The predicted molar refractivity (Wildman–Crippen MR) is 74.1 cm³/mol. The zero-order valence-electron chi connectivity index (χ0n) is 11.0. The van der Waals surface area contributed by atoms with Crippen molar-refractivity contribution in [3.05, 3.63) is 23.2 Å². The van der Waals surface area contributed by atoms with Crippen LogP contribution in [-0.4, -0.2) is 21.1 Å². The van der Waals surface area contributed by atoms with Crippen molar-refractivity contribution in [2.75, 3.05) is 0 Å². The quantitative estimate of drug-likeness (QED) is 0.842. The van der Waals surface area contributed by atoms with Crippen molar-refractivity contribution >= 4 is 22.6 Å². The van der Waals surface area contributed by atoms with Gasteiger partial charge in [-0.15, -0.1) is 0 Å². The second-order valence-corrected chi connectivity index (χ2v) is 5.80. The summed E-state index contributed by atoms with van der Waals surface area (Å²) in [4.78, 5) is 11.3. The zero-order chi connectivity index (χ0) is 13.6. The van der Waals surface area contributed by atoms with Crippen molar-refractivity contribution in [1.29, 1.82) is 0 Å². The van der Waals surface area contributed by atoms with Crippen LogP contribution in [0.25, 0.3) is 11.0 Å². The lowest BCUT2D eigenvalue weighted by molar-refractivity contribution is 0.231. The second kappa shape index (κ2) is 4.75. The molecular weight excluding hydrogens is 265 g/mol. The minimum Gasteiger partial charge on any atom is -0.357 e. The molecule has 0 radical (unpaired) electrons. The van der Waals surface area contributed by atoms with E-state index < -0.39 is 6.17 Å². The highest BCUT2D eigenvalue weighted by Gasteiger charge is 2.41. The standard InChI is InChI=1S/C14H17ClFN3/c1-3-8-4-9(11(16)7(8)2)10-5-17-13-12(10)18-6-19-14(13)15/h5-9,11,17H,3-4H2,1-2H3/t7-,8+,9+,11-/m1/s1. The molecule has 0 bridgehead atoms. The lowest BCUT2D eigenvalue weighted by Crippen LogP contribution is -2.14. The number of H-pyrrole nitrogens is 1. The first-order chi connectivity index (χ1) is 9.13. The van der Waals surface area contributed by atoms with Crippen molar-refractivity contribution in [1.82, 2.24) is 15.0 Å². The average molecular weight is 282 g/mol. The third-order valence-corrected chi connectivity index (χ3v) is 4.84. The smallest absolute Gasteiger partial charge is 0.156 e. The number of alkyl halides is 1. The van der Waals surface area contributed by atoms with E-state index >= 15 is 0 Å². The Balaban J connectivity index is 2.04. The molecule has 1 N–H and O–H groups in total. The van der Waals surface area contributed by atoms with Gasteiger partial charge in [0.1, 0.15) is 18.0 Å². The van der Waals surface area contributed by atoms with E-state index in [4.69, 9.17) is 11.6 Å². The van der Waals surface area contributed by atoms with Gasteiger partial charge in [0.2, 0.25) is 0 Å². The number of halogens is 2. The molecule has 0 unspecified atom stereocenters.